The first-order valence-electron chi connectivity index (χ1n) is 7.99. The summed E-state index contributed by atoms with van der Waals surface area (Å²) in [4.78, 5) is 46.8. The second-order valence-corrected chi connectivity index (χ2v) is 6.28. The molecule has 0 aromatic rings. The van der Waals surface area contributed by atoms with E-state index in [0.29, 0.717) is 6.42 Å². The highest BCUT2D eigenvalue weighted by atomic mass is 16.4. The molecule has 10 nitrogen and oxygen atoms in total. The van der Waals surface area contributed by atoms with Crippen molar-refractivity contribution in [3.05, 3.63) is 0 Å². The zero-order valence-electron chi connectivity index (χ0n) is 14.9. The number of aliphatic hydroxyl groups excluding tert-OH is 1. The quantitative estimate of drug-likeness (QED) is 0.260. The second kappa shape index (κ2) is 10.6. The lowest BCUT2D eigenvalue weighted by atomic mass is 10.0. The molecule has 7 N–H and O–H groups in total. The van der Waals surface area contributed by atoms with Gasteiger partial charge >= 0.3 is 5.97 Å². The van der Waals surface area contributed by atoms with Crippen molar-refractivity contribution in [2.24, 2.45) is 11.7 Å². The van der Waals surface area contributed by atoms with Gasteiger partial charge in [-0.1, -0.05) is 13.8 Å². The third-order valence-electron chi connectivity index (χ3n) is 3.35. The van der Waals surface area contributed by atoms with Gasteiger partial charge in [0.2, 0.25) is 17.7 Å². The van der Waals surface area contributed by atoms with Crippen molar-refractivity contribution in [1.82, 2.24) is 16.0 Å². The molecule has 0 heterocycles. The first kappa shape index (κ1) is 22.8. The molecular weight excluding hydrogens is 332 g/mol. The molecule has 0 bridgehead atoms. The fraction of sp³-hybridized carbons (Fsp3) is 0.733. The van der Waals surface area contributed by atoms with Crippen molar-refractivity contribution in [3.63, 3.8) is 0 Å². The molecule has 10 heteroatoms. The maximum absolute atomic E-state index is 12.2. The molecule has 25 heavy (non-hydrogen) atoms. The smallest absolute Gasteiger partial charge is 0.325 e. The predicted molar refractivity (Wildman–Crippen MR) is 89.3 cm³/mol. The van der Waals surface area contributed by atoms with Crippen LogP contribution in [0.15, 0.2) is 0 Å². The Bertz CT molecular complexity index is 496. The van der Waals surface area contributed by atoms with E-state index in [9.17, 15) is 19.2 Å². The molecule has 4 atom stereocenters. The van der Waals surface area contributed by atoms with Crippen LogP contribution in [0.3, 0.4) is 0 Å². The van der Waals surface area contributed by atoms with E-state index in [0.717, 1.165) is 0 Å². The van der Waals surface area contributed by atoms with Crippen LogP contribution in [-0.2, 0) is 19.2 Å². The second-order valence-electron chi connectivity index (χ2n) is 6.28. The average molecular weight is 360 g/mol. The number of hydrogen-bond acceptors (Lipinski definition) is 6. The number of rotatable bonds is 10. The van der Waals surface area contributed by atoms with Crippen molar-refractivity contribution >= 4 is 23.7 Å². The van der Waals surface area contributed by atoms with Crippen molar-refractivity contribution in [3.8, 4) is 0 Å². The van der Waals surface area contributed by atoms with Gasteiger partial charge in [-0.15, -0.1) is 0 Å². The van der Waals surface area contributed by atoms with Crippen LogP contribution >= 0.6 is 0 Å². The fourth-order valence-corrected chi connectivity index (χ4v) is 1.84. The van der Waals surface area contributed by atoms with E-state index in [1.165, 1.54) is 13.8 Å². The van der Waals surface area contributed by atoms with E-state index in [1.807, 2.05) is 13.8 Å². The Kier molecular flexibility index (Phi) is 9.69. The normalized spacial score (nSPS) is 15.6. The number of carbonyl (C=O) groups excluding carboxylic acids is 3. The van der Waals surface area contributed by atoms with Crippen LogP contribution in [0.1, 0.15) is 34.1 Å². The van der Waals surface area contributed by atoms with Gasteiger partial charge in [0.1, 0.15) is 24.2 Å². The zero-order chi connectivity index (χ0) is 19.7. The summed E-state index contributed by atoms with van der Waals surface area (Å²) in [5.41, 5.74) is 5.35. The summed E-state index contributed by atoms with van der Waals surface area (Å²) in [5, 5.41) is 24.8. The van der Waals surface area contributed by atoms with E-state index < -0.39 is 54.5 Å². The highest BCUT2D eigenvalue weighted by molar-refractivity contribution is 5.93. The van der Waals surface area contributed by atoms with Gasteiger partial charge in [0, 0.05) is 0 Å². The van der Waals surface area contributed by atoms with Gasteiger partial charge in [0.25, 0.3) is 0 Å². The minimum atomic E-state index is -1.19. The van der Waals surface area contributed by atoms with Crippen LogP contribution < -0.4 is 21.7 Å². The monoisotopic (exact) mass is 360 g/mol. The van der Waals surface area contributed by atoms with Gasteiger partial charge in [-0.3, -0.25) is 19.2 Å². The summed E-state index contributed by atoms with van der Waals surface area (Å²) in [6, 6.07) is -4.18. The number of nitrogens with two attached hydrogens (primary N) is 1. The summed E-state index contributed by atoms with van der Waals surface area (Å²) in [5.74, 6) is -3.08. The Morgan fingerprint density at radius 2 is 1.40 bits per heavy atom. The highest BCUT2D eigenvalue weighted by Gasteiger charge is 2.27. The molecule has 0 aliphatic carbocycles. The SMILES string of the molecule is CC(C)CC(NC(=O)C(C)NC(=O)C(N)CO)C(=O)NC(C)C(=O)O. The molecule has 0 fully saturated rings. The third kappa shape index (κ3) is 8.45. The summed E-state index contributed by atoms with van der Waals surface area (Å²) >= 11 is 0. The van der Waals surface area contributed by atoms with E-state index in [1.54, 1.807) is 0 Å². The summed E-state index contributed by atoms with van der Waals surface area (Å²) in [6.45, 7) is 5.85. The molecule has 0 aliphatic rings. The molecular formula is C15H28N4O6. The van der Waals surface area contributed by atoms with Crippen LogP contribution in [-0.4, -0.2) is 64.7 Å². The highest BCUT2D eigenvalue weighted by Crippen LogP contribution is 2.06. The molecule has 3 amide bonds. The first-order valence-corrected chi connectivity index (χ1v) is 7.99. The predicted octanol–water partition coefficient (Wildman–Crippen LogP) is -2.07. The van der Waals surface area contributed by atoms with Gasteiger partial charge in [0.15, 0.2) is 0 Å². The summed E-state index contributed by atoms with van der Waals surface area (Å²) in [6.07, 6.45) is 0.292. The third-order valence-corrected chi connectivity index (χ3v) is 3.35. The number of aliphatic hydroxyl groups is 1. The van der Waals surface area contributed by atoms with E-state index in [-0.39, 0.29) is 5.92 Å². The van der Waals surface area contributed by atoms with Crippen molar-refractivity contribution in [1.29, 1.82) is 0 Å². The number of nitrogens with one attached hydrogen (secondary N) is 3. The number of carbonyl (C=O) groups is 4. The molecule has 0 spiro atoms. The Morgan fingerprint density at radius 3 is 1.84 bits per heavy atom. The lowest BCUT2D eigenvalue weighted by molar-refractivity contribution is -0.141. The maximum atomic E-state index is 12.2. The number of hydrogen-bond donors (Lipinski definition) is 6. The molecule has 0 radical (unpaired) electrons. The molecule has 0 rings (SSSR count). The molecule has 144 valence electrons. The van der Waals surface area contributed by atoms with Gasteiger partial charge < -0.3 is 31.9 Å². The minimum Gasteiger partial charge on any atom is -0.480 e. The van der Waals surface area contributed by atoms with Crippen LogP contribution in [0.4, 0.5) is 0 Å². The fourth-order valence-electron chi connectivity index (χ4n) is 1.84. The molecule has 0 aliphatic heterocycles. The largest absolute Gasteiger partial charge is 0.480 e. The Hall–Kier alpha value is -2.20. The maximum Gasteiger partial charge on any atom is 0.325 e. The summed E-state index contributed by atoms with van der Waals surface area (Å²) < 4.78 is 0. The Labute approximate surface area is 146 Å². The number of amides is 3. The minimum absolute atomic E-state index is 0.0592. The number of carboxylic acids is 1. The van der Waals surface area contributed by atoms with E-state index in [4.69, 9.17) is 15.9 Å². The topological polar surface area (TPSA) is 171 Å². The van der Waals surface area contributed by atoms with Crippen LogP contribution in [0.2, 0.25) is 0 Å². The Morgan fingerprint density at radius 1 is 0.880 bits per heavy atom. The number of aliphatic carboxylic acids is 1. The van der Waals surface area contributed by atoms with Crippen LogP contribution in [0.25, 0.3) is 0 Å². The van der Waals surface area contributed by atoms with Crippen LogP contribution in [0, 0.1) is 5.92 Å². The average Bonchev–Trinajstić information content (AvgIpc) is 2.52. The van der Waals surface area contributed by atoms with Crippen molar-refractivity contribution < 1.29 is 29.4 Å². The van der Waals surface area contributed by atoms with Crippen molar-refractivity contribution in [2.45, 2.75) is 58.3 Å². The molecule has 4 unspecified atom stereocenters. The lowest BCUT2D eigenvalue weighted by Crippen LogP contribution is -2.56. The van der Waals surface area contributed by atoms with Crippen LogP contribution in [0.5, 0.6) is 0 Å². The number of carboxylic acid groups (broad SMARTS) is 1. The first-order chi connectivity index (χ1) is 11.5. The summed E-state index contributed by atoms with van der Waals surface area (Å²) in [7, 11) is 0. The molecule has 0 saturated carbocycles. The molecule has 0 saturated heterocycles. The van der Waals surface area contributed by atoms with Gasteiger partial charge in [-0.25, -0.2) is 0 Å². The van der Waals surface area contributed by atoms with Crippen molar-refractivity contribution in [2.75, 3.05) is 6.61 Å². The van der Waals surface area contributed by atoms with E-state index in [2.05, 4.69) is 16.0 Å². The zero-order valence-corrected chi connectivity index (χ0v) is 14.9. The van der Waals surface area contributed by atoms with Gasteiger partial charge in [-0.2, -0.15) is 0 Å². The lowest BCUT2D eigenvalue weighted by Gasteiger charge is -2.24. The molecule has 0 aromatic carbocycles. The van der Waals surface area contributed by atoms with Gasteiger partial charge in [0.05, 0.1) is 6.61 Å². The standard InChI is InChI=1S/C15H28N4O6/c1-7(2)5-11(14(23)18-9(4)15(24)25)19-12(21)8(3)17-13(22)10(16)6-20/h7-11,20H,5-6,16H2,1-4H3,(H,17,22)(H,18,23)(H,19,21)(H,24,25). The Balaban J connectivity index is 4.89. The van der Waals surface area contributed by atoms with E-state index >= 15 is 0 Å². The molecule has 0 aromatic heterocycles. The van der Waals surface area contributed by atoms with Gasteiger partial charge in [-0.05, 0) is 26.2 Å².